The molecule has 2 N–H and O–H groups in total. The second-order valence-electron chi connectivity index (χ2n) is 5.28. The van der Waals surface area contributed by atoms with Crippen molar-refractivity contribution < 1.29 is 9.53 Å². The molecule has 1 aromatic carbocycles. The minimum absolute atomic E-state index is 0.188. The van der Waals surface area contributed by atoms with Gasteiger partial charge in [0.15, 0.2) is 5.69 Å². The number of benzene rings is 1. The molecule has 2 aromatic heterocycles. The normalized spacial score (nSPS) is 10.7. The molecule has 0 atom stereocenters. The highest BCUT2D eigenvalue weighted by Gasteiger charge is 2.11. The average molecular weight is 341 g/mol. The maximum absolute atomic E-state index is 12.2. The van der Waals surface area contributed by atoms with Crippen molar-refractivity contribution in [1.29, 1.82) is 0 Å². The van der Waals surface area contributed by atoms with Crippen LogP contribution in [0, 0.1) is 0 Å². The fourth-order valence-corrected chi connectivity index (χ4v) is 2.93. The summed E-state index contributed by atoms with van der Waals surface area (Å²) in [5, 5.41) is 11.9. The summed E-state index contributed by atoms with van der Waals surface area (Å²) in [5.74, 6) is -0.188. The first-order valence-electron chi connectivity index (χ1n) is 7.79. The van der Waals surface area contributed by atoms with Gasteiger partial charge in [-0.2, -0.15) is 5.10 Å². The molecule has 1 amide bonds. The number of amides is 1. The van der Waals surface area contributed by atoms with Crippen LogP contribution < -0.4 is 5.32 Å². The number of thiophene rings is 1. The number of aromatic amines is 1. The number of aromatic nitrogens is 2. The largest absolute Gasteiger partial charge is 0.377 e. The van der Waals surface area contributed by atoms with Crippen molar-refractivity contribution in [3.05, 3.63) is 64.7 Å². The Bertz CT molecular complexity index is 779. The lowest BCUT2D eigenvalue weighted by Crippen LogP contribution is -2.23. The maximum atomic E-state index is 12.2. The number of nitrogens with one attached hydrogen (secondary N) is 2. The lowest BCUT2D eigenvalue weighted by atomic mass is 10.1. The molecule has 124 valence electrons. The van der Waals surface area contributed by atoms with Gasteiger partial charge in [0, 0.05) is 13.2 Å². The van der Waals surface area contributed by atoms with E-state index in [1.807, 2.05) is 48.7 Å². The van der Waals surface area contributed by atoms with Gasteiger partial charge in [0.25, 0.3) is 5.91 Å². The van der Waals surface area contributed by atoms with Crippen molar-refractivity contribution in [3.8, 4) is 10.6 Å². The van der Waals surface area contributed by atoms with Gasteiger partial charge < -0.3 is 10.1 Å². The van der Waals surface area contributed by atoms with Crippen LogP contribution in [0.25, 0.3) is 10.6 Å². The van der Waals surface area contributed by atoms with Crippen LogP contribution >= 0.6 is 11.3 Å². The Labute approximate surface area is 144 Å². The van der Waals surface area contributed by atoms with Gasteiger partial charge >= 0.3 is 0 Å². The van der Waals surface area contributed by atoms with E-state index in [1.165, 1.54) is 0 Å². The van der Waals surface area contributed by atoms with Crippen LogP contribution in [0.1, 0.15) is 28.5 Å². The SMILES string of the molecule is CCOCc1ccc(CNC(=O)c2cc(-c3cccs3)[nH]n2)cc1. The monoisotopic (exact) mass is 341 g/mol. The van der Waals surface area contributed by atoms with Crippen LogP contribution in [0.5, 0.6) is 0 Å². The molecule has 5 nitrogen and oxygen atoms in total. The number of rotatable bonds is 7. The molecule has 0 bridgehead atoms. The lowest BCUT2D eigenvalue weighted by molar-refractivity contribution is 0.0946. The van der Waals surface area contributed by atoms with Gasteiger partial charge in [-0.25, -0.2) is 0 Å². The minimum atomic E-state index is -0.188. The van der Waals surface area contributed by atoms with E-state index in [9.17, 15) is 4.79 Å². The molecule has 0 saturated heterocycles. The van der Waals surface area contributed by atoms with E-state index in [1.54, 1.807) is 17.4 Å². The minimum Gasteiger partial charge on any atom is -0.377 e. The Kier molecular flexibility index (Phi) is 5.40. The lowest BCUT2D eigenvalue weighted by Gasteiger charge is -2.05. The summed E-state index contributed by atoms with van der Waals surface area (Å²) in [4.78, 5) is 13.3. The van der Waals surface area contributed by atoms with Crippen molar-refractivity contribution in [3.63, 3.8) is 0 Å². The fraction of sp³-hybridized carbons (Fsp3) is 0.222. The highest BCUT2D eigenvalue weighted by atomic mass is 32.1. The number of ether oxygens (including phenoxy) is 1. The zero-order valence-corrected chi connectivity index (χ0v) is 14.2. The molecule has 0 fully saturated rings. The summed E-state index contributed by atoms with van der Waals surface area (Å²) < 4.78 is 5.37. The van der Waals surface area contributed by atoms with Gasteiger partial charge in [0.1, 0.15) is 0 Å². The topological polar surface area (TPSA) is 67.0 Å². The predicted octanol–water partition coefficient (Wildman–Crippen LogP) is 3.60. The Morgan fingerprint density at radius 1 is 1.25 bits per heavy atom. The number of carbonyl (C=O) groups excluding carboxylic acids is 1. The quantitative estimate of drug-likeness (QED) is 0.690. The Morgan fingerprint density at radius 2 is 2.04 bits per heavy atom. The first-order valence-corrected chi connectivity index (χ1v) is 8.67. The summed E-state index contributed by atoms with van der Waals surface area (Å²) in [5.41, 5.74) is 3.42. The summed E-state index contributed by atoms with van der Waals surface area (Å²) in [6, 6.07) is 13.7. The van der Waals surface area contributed by atoms with Crippen LogP contribution in [0.3, 0.4) is 0 Å². The van der Waals surface area contributed by atoms with Gasteiger partial charge in [0.05, 0.1) is 17.2 Å². The van der Waals surface area contributed by atoms with E-state index < -0.39 is 0 Å². The molecule has 0 radical (unpaired) electrons. The van der Waals surface area contributed by atoms with Crippen LogP contribution in [-0.4, -0.2) is 22.7 Å². The molecule has 0 spiro atoms. The smallest absolute Gasteiger partial charge is 0.272 e. The van der Waals surface area contributed by atoms with Crippen LogP contribution in [-0.2, 0) is 17.9 Å². The van der Waals surface area contributed by atoms with Crippen LogP contribution in [0.4, 0.5) is 0 Å². The molecule has 0 aliphatic carbocycles. The van der Waals surface area contributed by atoms with Crippen molar-refractivity contribution in [1.82, 2.24) is 15.5 Å². The van der Waals surface area contributed by atoms with E-state index in [0.717, 1.165) is 21.7 Å². The van der Waals surface area contributed by atoms with E-state index in [2.05, 4.69) is 15.5 Å². The molecular weight excluding hydrogens is 322 g/mol. The van der Waals surface area contributed by atoms with Gasteiger partial charge in [-0.3, -0.25) is 9.89 Å². The van der Waals surface area contributed by atoms with Crippen LogP contribution in [0.15, 0.2) is 47.8 Å². The van der Waals surface area contributed by atoms with Gasteiger partial charge in [0.2, 0.25) is 0 Å². The summed E-state index contributed by atoms with van der Waals surface area (Å²) >= 11 is 1.60. The molecule has 0 saturated carbocycles. The van der Waals surface area contributed by atoms with Crippen LogP contribution in [0.2, 0.25) is 0 Å². The van der Waals surface area contributed by atoms with E-state index in [4.69, 9.17) is 4.74 Å². The zero-order chi connectivity index (χ0) is 16.8. The Morgan fingerprint density at radius 3 is 2.75 bits per heavy atom. The summed E-state index contributed by atoms with van der Waals surface area (Å²) in [6.07, 6.45) is 0. The third-order valence-corrected chi connectivity index (χ3v) is 4.45. The van der Waals surface area contributed by atoms with Crippen molar-refractivity contribution >= 4 is 17.2 Å². The molecule has 3 aromatic rings. The van der Waals surface area contributed by atoms with E-state index >= 15 is 0 Å². The van der Waals surface area contributed by atoms with Crippen molar-refractivity contribution in [2.45, 2.75) is 20.1 Å². The van der Waals surface area contributed by atoms with Gasteiger partial charge in [-0.1, -0.05) is 30.3 Å². The molecule has 6 heteroatoms. The van der Waals surface area contributed by atoms with Gasteiger partial charge in [-0.15, -0.1) is 11.3 Å². The third kappa shape index (κ3) is 4.10. The third-order valence-electron chi connectivity index (χ3n) is 3.55. The molecule has 2 heterocycles. The molecule has 0 aliphatic rings. The highest BCUT2D eigenvalue weighted by Crippen LogP contribution is 2.22. The first kappa shape index (κ1) is 16.4. The van der Waals surface area contributed by atoms with Crippen molar-refractivity contribution in [2.24, 2.45) is 0 Å². The Balaban J connectivity index is 1.55. The first-order chi connectivity index (χ1) is 11.8. The van der Waals surface area contributed by atoms with E-state index in [0.29, 0.717) is 25.5 Å². The number of hydrogen-bond acceptors (Lipinski definition) is 4. The molecular formula is C18H19N3O2S. The van der Waals surface area contributed by atoms with E-state index in [-0.39, 0.29) is 5.91 Å². The molecule has 3 rings (SSSR count). The standard InChI is InChI=1S/C18H19N3O2S/c1-2-23-12-14-7-5-13(6-8-14)11-19-18(22)16-10-15(20-21-16)17-4-3-9-24-17/h3-10H,2,11-12H2,1H3,(H,19,22)(H,20,21). The summed E-state index contributed by atoms with van der Waals surface area (Å²) in [6.45, 7) is 3.76. The average Bonchev–Trinajstić information content (AvgIpc) is 3.29. The number of hydrogen-bond donors (Lipinski definition) is 2. The molecule has 24 heavy (non-hydrogen) atoms. The fourth-order valence-electron chi connectivity index (χ4n) is 2.24. The second-order valence-corrected chi connectivity index (χ2v) is 6.23. The highest BCUT2D eigenvalue weighted by molar-refractivity contribution is 7.13. The van der Waals surface area contributed by atoms with Crippen molar-refractivity contribution in [2.75, 3.05) is 6.61 Å². The Hall–Kier alpha value is -2.44. The second kappa shape index (κ2) is 7.90. The molecule has 0 aliphatic heterocycles. The van der Waals surface area contributed by atoms with Gasteiger partial charge in [-0.05, 0) is 35.6 Å². The molecule has 0 unspecified atom stereocenters. The predicted molar refractivity (Wildman–Crippen MR) is 94.8 cm³/mol. The zero-order valence-electron chi connectivity index (χ0n) is 13.4. The number of H-pyrrole nitrogens is 1. The summed E-state index contributed by atoms with van der Waals surface area (Å²) in [7, 11) is 0. The maximum Gasteiger partial charge on any atom is 0.272 e. The number of carbonyl (C=O) groups is 1. The number of nitrogens with zero attached hydrogens (tertiary/aromatic N) is 1.